The molecule has 4 N–H and O–H groups in total. The van der Waals surface area contributed by atoms with Crippen LogP contribution in [0.5, 0.6) is 0 Å². The lowest BCUT2D eigenvalue weighted by Gasteiger charge is -2.47. The van der Waals surface area contributed by atoms with Crippen LogP contribution in [0.15, 0.2) is 21.3 Å². The Hall–Kier alpha value is -1.95. The molecule has 1 heterocycles. The van der Waals surface area contributed by atoms with Gasteiger partial charge in [0.25, 0.3) is 0 Å². The number of aromatic amines is 1. The molecule has 1 aliphatic carbocycles. The first-order valence-electron chi connectivity index (χ1n) is 6.84. The van der Waals surface area contributed by atoms with Crippen molar-refractivity contribution in [3.63, 3.8) is 0 Å². The van der Waals surface area contributed by atoms with Crippen LogP contribution in [0.25, 0.3) is 11.1 Å². The number of nitrogen functional groups attached to an aromatic ring is 1. The van der Waals surface area contributed by atoms with Gasteiger partial charge in [-0.2, -0.15) is 0 Å². The molecule has 1 saturated carbocycles. The number of aromatic nitrogens is 1. The lowest BCUT2D eigenvalue weighted by molar-refractivity contribution is 0.0739. The standard InChI is InChI=1S/C14H20N4O2/c1-18(2)14(4-3-5-14)8-16-10-7-11-12(6-9(10)15)20-13(19)17-11/h6-7,16H,3-5,8,15H2,1-2H3,(H,17,19). The topological polar surface area (TPSA) is 87.3 Å². The van der Waals surface area contributed by atoms with E-state index in [4.69, 9.17) is 10.2 Å². The third-order valence-corrected chi connectivity index (χ3v) is 4.43. The Morgan fingerprint density at radius 3 is 2.80 bits per heavy atom. The molecule has 0 amide bonds. The van der Waals surface area contributed by atoms with Gasteiger partial charge in [0, 0.05) is 18.2 Å². The molecule has 0 radical (unpaired) electrons. The van der Waals surface area contributed by atoms with Gasteiger partial charge in [-0.05, 0) is 39.4 Å². The number of oxazole rings is 1. The van der Waals surface area contributed by atoms with E-state index in [0.29, 0.717) is 16.8 Å². The van der Waals surface area contributed by atoms with Crippen LogP contribution >= 0.6 is 0 Å². The number of benzene rings is 1. The number of fused-ring (bicyclic) bond motifs is 1. The lowest BCUT2D eigenvalue weighted by Crippen LogP contribution is -2.54. The number of nitrogens with two attached hydrogens (primary N) is 1. The zero-order valence-corrected chi connectivity index (χ0v) is 11.8. The molecule has 0 spiro atoms. The molecule has 0 bridgehead atoms. The Morgan fingerprint density at radius 1 is 1.45 bits per heavy atom. The van der Waals surface area contributed by atoms with E-state index in [1.54, 1.807) is 6.07 Å². The average Bonchev–Trinajstić information content (AvgIpc) is 2.66. The number of anilines is 2. The zero-order valence-electron chi connectivity index (χ0n) is 11.8. The Morgan fingerprint density at radius 2 is 2.20 bits per heavy atom. The first-order valence-corrected chi connectivity index (χ1v) is 6.84. The van der Waals surface area contributed by atoms with Gasteiger partial charge in [0.2, 0.25) is 0 Å². The summed E-state index contributed by atoms with van der Waals surface area (Å²) in [6.45, 7) is 0.845. The maximum absolute atomic E-state index is 11.2. The van der Waals surface area contributed by atoms with Gasteiger partial charge in [-0.25, -0.2) is 4.79 Å². The first-order chi connectivity index (χ1) is 9.50. The van der Waals surface area contributed by atoms with E-state index < -0.39 is 5.76 Å². The van der Waals surface area contributed by atoms with Gasteiger partial charge in [-0.15, -0.1) is 0 Å². The van der Waals surface area contributed by atoms with Crippen LogP contribution in [0.1, 0.15) is 19.3 Å². The third-order valence-electron chi connectivity index (χ3n) is 4.43. The molecule has 1 fully saturated rings. The molecule has 1 aromatic heterocycles. The molecule has 20 heavy (non-hydrogen) atoms. The van der Waals surface area contributed by atoms with Crippen molar-refractivity contribution in [3.05, 3.63) is 22.7 Å². The second-order valence-electron chi connectivity index (χ2n) is 5.78. The molecule has 0 aliphatic heterocycles. The lowest BCUT2D eigenvalue weighted by atomic mass is 9.75. The van der Waals surface area contributed by atoms with Gasteiger partial charge in [-0.1, -0.05) is 0 Å². The molecule has 0 unspecified atom stereocenters. The van der Waals surface area contributed by atoms with Gasteiger partial charge in [0.05, 0.1) is 16.9 Å². The third kappa shape index (κ3) is 2.06. The van der Waals surface area contributed by atoms with Crippen molar-refractivity contribution in [2.24, 2.45) is 0 Å². The molecular formula is C14H20N4O2. The van der Waals surface area contributed by atoms with Crippen molar-refractivity contribution in [2.75, 3.05) is 31.7 Å². The van der Waals surface area contributed by atoms with Crippen molar-refractivity contribution < 1.29 is 4.42 Å². The van der Waals surface area contributed by atoms with E-state index in [9.17, 15) is 4.79 Å². The van der Waals surface area contributed by atoms with Crippen LogP contribution in [-0.4, -0.2) is 36.1 Å². The van der Waals surface area contributed by atoms with E-state index in [-0.39, 0.29) is 5.54 Å². The number of nitrogens with one attached hydrogen (secondary N) is 2. The van der Waals surface area contributed by atoms with Crippen molar-refractivity contribution in [1.82, 2.24) is 9.88 Å². The van der Waals surface area contributed by atoms with Crippen molar-refractivity contribution >= 4 is 22.5 Å². The van der Waals surface area contributed by atoms with Crippen molar-refractivity contribution in [1.29, 1.82) is 0 Å². The molecule has 0 saturated heterocycles. The van der Waals surface area contributed by atoms with E-state index in [0.717, 1.165) is 12.2 Å². The summed E-state index contributed by atoms with van der Waals surface area (Å²) in [5.41, 5.74) is 8.81. The summed E-state index contributed by atoms with van der Waals surface area (Å²) in [4.78, 5) is 16.1. The number of nitrogens with zero attached hydrogens (tertiary/aromatic N) is 1. The molecule has 2 aromatic rings. The van der Waals surface area contributed by atoms with Crippen molar-refractivity contribution in [2.45, 2.75) is 24.8 Å². The maximum Gasteiger partial charge on any atom is 0.417 e. The quantitative estimate of drug-likeness (QED) is 0.738. The Kier molecular flexibility index (Phi) is 2.97. The average molecular weight is 276 g/mol. The van der Waals surface area contributed by atoms with Gasteiger partial charge in [0.1, 0.15) is 0 Å². The summed E-state index contributed by atoms with van der Waals surface area (Å²) < 4.78 is 4.99. The second-order valence-corrected chi connectivity index (χ2v) is 5.78. The van der Waals surface area contributed by atoms with E-state index in [1.165, 1.54) is 19.3 Å². The summed E-state index contributed by atoms with van der Waals surface area (Å²) >= 11 is 0. The Labute approximate surface area is 116 Å². The van der Waals surface area contributed by atoms with E-state index in [1.807, 2.05) is 6.07 Å². The highest BCUT2D eigenvalue weighted by atomic mass is 16.4. The fourth-order valence-electron chi connectivity index (χ4n) is 2.79. The predicted octanol–water partition coefficient (Wildman–Crippen LogP) is 1.60. The molecule has 3 rings (SSSR count). The molecule has 6 nitrogen and oxygen atoms in total. The normalized spacial score (nSPS) is 17.4. The first kappa shape index (κ1) is 13.1. The number of hydrogen-bond donors (Lipinski definition) is 3. The minimum Gasteiger partial charge on any atom is -0.408 e. The summed E-state index contributed by atoms with van der Waals surface area (Å²) in [6.07, 6.45) is 3.65. The highest BCUT2D eigenvalue weighted by Gasteiger charge is 2.38. The van der Waals surface area contributed by atoms with Crippen LogP contribution in [-0.2, 0) is 0 Å². The smallest absolute Gasteiger partial charge is 0.408 e. The van der Waals surface area contributed by atoms with E-state index >= 15 is 0 Å². The summed E-state index contributed by atoms with van der Waals surface area (Å²) in [6, 6.07) is 3.51. The van der Waals surface area contributed by atoms with E-state index in [2.05, 4.69) is 29.3 Å². The monoisotopic (exact) mass is 276 g/mol. The van der Waals surface area contributed by atoms with Crippen LogP contribution < -0.4 is 16.8 Å². The minimum atomic E-state index is -0.458. The molecule has 1 aliphatic rings. The summed E-state index contributed by atoms with van der Waals surface area (Å²) in [5.74, 6) is -0.458. The van der Waals surface area contributed by atoms with Crippen LogP contribution in [0.4, 0.5) is 11.4 Å². The fraction of sp³-hybridized carbons (Fsp3) is 0.500. The predicted molar refractivity (Wildman–Crippen MR) is 80.0 cm³/mol. The minimum absolute atomic E-state index is 0.213. The zero-order chi connectivity index (χ0) is 14.3. The Bertz CT molecular complexity index is 682. The molecular weight excluding hydrogens is 256 g/mol. The van der Waals surface area contributed by atoms with Crippen LogP contribution in [0.3, 0.4) is 0 Å². The molecule has 6 heteroatoms. The van der Waals surface area contributed by atoms with Crippen molar-refractivity contribution in [3.8, 4) is 0 Å². The number of rotatable bonds is 4. The highest BCUT2D eigenvalue weighted by molar-refractivity contribution is 5.85. The molecule has 0 atom stereocenters. The molecule has 1 aromatic carbocycles. The number of hydrogen-bond acceptors (Lipinski definition) is 5. The summed E-state index contributed by atoms with van der Waals surface area (Å²) in [5, 5.41) is 3.41. The summed E-state index contributed by atoms with van der Waals surface area (Å²) in [7, 11) is 4.22. The fourth-order valence-corrected chi connectivity index (χ4v) is 2.79. The number of likely N-dealkylation sites (N-methyl/N-ethyl adjacent to an activating group) is 1. The molecule has 108 valence electrons. The van der Waals surface area contributed by atoms with Gasteiger partial charge >= 0.3 is 5.76 Å². The maximum atomic E-state index is 11.2. The largest absolute Gasteiger partial charge is 0.417 e. The van der Waals surface area contributed by atoms with Gasteiger partial charge in [0.15, 0.2) is 5.58 Å². The highest BCUT2D eigenvalue weighted by Crippen LogP contribution is 2.37. The van der Waals surface area contributed by atoms with Crippen LogP contribution in [0, 0.1) is 0 Å². The van der Waals surface area contributed by atoms with Crippen LogP contribution in [0.2, 0.25) is 0 Å². The SMILES string of the molecule is CN(C)C1(CNc2cc3[nH]c(=O)oc3cc2N)CCC1. The Balaban J connectivity index is 1.83. The van der Waals surface area contributed by atoms with Gasteiger partial charge < -0.3 is 20.4 Å². The second kappa shape index (κ2) is 4.56. The number of H-pyrrole nitrogens is 1. The van der Waals surface area contributed by atoms with Gasteiger partial charge in [-0.3, -0.25) is 4.98 Å².